The number of fused-ring (bicyclic) bond motifs is 1. The van der Waals surface area contributed by atoms with Gasteiger partial charge < -0.3 is 9.64 Å². The number of rotatable bonds is 2. The summed E-state index contributed by atoms with van der Waals surface area (Å²) in [6.07, 6.45) is 4.32. The Balaban J connectivity index is 1.95. The van der Waals surface area contributed by atoms with E-state index in [0.29, 0.717) is 18.2 Å². The molecule has 0 spiro atoms. The van der Waals surface area contributed by atoms with E-state index in [1.54, 1.807) is 6.07 Å². The molecule has 1 saturated carbocycles. The molecule has 1 heterocycles. The molecule has 0 N–H and O–H groups in total. The summed E-state index contributed by atoms with van der Waals surface area (Å²) >= 11 is 0. The molecular weight excluding hydrogens is 233 g/mol. The highest BCUT2D eigenvalue weighted by Gasteiger charge is 2.36. The molecule has 1 aromatic carbocycles. The maximum atomic E-state index is 13.2. The highest BCUT2D eigenvalue weighted by molar-refractivity contribution is 5.84. The van der Waals surface area contributed by atoms with Gasteiger partial charge in [0.25, 0.3) is 0 Å². The van der Waals surface area contributed by atoms with E-state index in [2.05, 4.69) is 4.90 Å². The van der Waals surface area contributed by atoms with Crippen LogP contribution in [-0.4, -0.2) is 31.6 Å². The van der Waals surface area contributed by atoms with E-state index in [9.17, 15) is 9.18 Å². The molecule has 1 saturated heterocycles. The Labute approximate surface area is 106 Å². The molecule has 2 atom stereocenters. The van der Waals surface area contributed by atoms with Crippen molar-refractivity contribution >= 4 is 12.0 Å². The van der Waals surface area contributed by atoms with E-state index < -0.39 is 0 Å². The number of benzene rings is 1. The van der Waals surface area contributed by atoms with Crippen molar-refractivity contribution in [3.63, 3.8) is 0 Å². The van der Waals surface area contributed by atoms with Crippen molar-refractivity contribution in [3.05, 3.63) is 29.6 Å². The first-order chi connectivity index (χ1) is 8.79. The molecule has 0 amide bonds. The minimum Gasteiger partial charge on any atom is -0.374 e. The number of ether oxygens (including phenoxy) is 1. The van der Waals surface area contributed by atoms with Crippen molar-refractivity contribution in [2.45, 2.75) is 31.4 Å². The number of anilines is 1. The van der Waals surface area contributed by atoms with E-state index in [-0.39, 0.29) is 11.9 Å². The number of nitrogens with zero attached hydrogens (tertiary/aromatic N) is 1. The summed E-state index contributed by atoms with van der Waals surface area (Å²) in [5.41, 5.74) is 1.27. The first kappa shape index (κ1) is 11.7. The number of carbonyl (C=O) groups is 1. The van der Waals surface area contributed by atoms with Gasteiger partial charge in [0.2, 0.25) is 0 Å². The third-order valence-electron chi connectivity index (χ3n) is 3.91. The van der Waals surface area contributed by atoms with Crippen LogP contribution in [0.3, 0.4) is 0 Å². The maximum absolute atomic E-state index is 13.2. The van der Waals surface area contributed by atoms with Crippen molar-refractivity contribution in [1.29, 1.82) is 0 Å². The van der Waals surface area contributed by atoms with Crippen LogP contribution in [-0.2, 0) is 4.74 Å². The topological polar surface area (TPSA) is 29.5 Å². The van der Waals surface area contributed by atoms with Gasteiger partial charge in [0, 0.05) is 17.8 Å². The van der Waals surface area contributed by atoms with E-state index in [0.717, 1.165) is 37.8 Å². The monoisotopic (exact) mass is 249 g/mol. The van der Waals surface area contributed by atoms with Crippen molar-refractivity contribution in [1.82, 2.24) is 0 Å². The number of hydrogen-bond acceptors (Lipinski definition) is 3. The number of carbonyl (C=O) groups excluding carboxylic acids is 1. The van der Waals surface area contributed by atoms with Crippen molar-refractivity contribution in [2.75, 3.05) is 18.1 Å². The molecule has 0 bridgehead atoms. The molecule has 2 unspecified atom stereocenters. The van der Waals surface area contributed by atoms with Gasteiger partial charge in [-0.2, -0.15) is 0 Å². The zero-order chi connectivity index (χ0) is 12.5. The van der Waals surface area contributed by atoms with E-state index in [1.165, 1.54) is 12.1 Å². The number of morpholine rings is 1. The molecule has 4 heteroatoms. The molecular formula is C14H16FNO2. The summed E-state index contributed by atoms with van der Waals surface area (Å²) in [5.74, 6) is -0.364. The highest BCUT2D eigenvalue weighted by Crippen LogP contribution is 2.34. The lowest BCUT2D eigenvalue weighted by atomic mass is 10.1. The van der Waals surface area contributed by atoms with Gasteiger partial charge >= 0.3 is 0 Å². The fourth-order valence-electron chi connectivity index (χ4n) is 3.11. The minimum atomic E-state index is -0.364. The molecule has 1 aliphatic heterocycles. The average Bonchev–Trinajstić information content (AvgIpc) is 2.86. The lowest BCUT2D eigenvalue weighted by molar-refractivity contribution is 0.0256. The van der Waals surface area contributed by atoms with Gasteiger partial charge in [-0.25, -0.2) is 4.39 Å². The SMILES string of the molecule is O=Cc1cc(F)ccc1N1CCOC2CCCC21. The van der Waals surface area contributed by atoms with Crippen LogP contribution in [0.4, 0.5) is 10.1 Å². The predicted octanol–water partition coefficient (Wildman–Crippen LogP) is 2.40. The van der Waals surface area contributed by atoms with Crippen LogP contribution in [0, 0.1) is 5.82 Å². The van der Waals surface area contributed by atoms with Crippen molar-refractivity contribution in [2.24, 2.45) is 0 Å². The summed E-state index contributed by atoms with van der Waals surface area (Å²) in [6.45, 7) is 1.45. The normalized spacial score (nSPS) is 27.1. The maximum Gasteiger partial charge on any atom is 0.152 e. The molecule has 2 fully saturated rings. The third-order valence-corrected chi connectivity index (χ3v) is 3.91. The van der Waals surface area contributed by atoms with Crippen LogP contribution in [0.15, 0.2) is 18.2 Å². The van der Waals surface area contributed by atoms with Crippen LogP contribution in [0.1, 0.15) is 29.6 Å². The van der Waals surface area contributed by atoms with Gasteiger partial charge in [-0.05, 0) is 37.5 Å². The second-order valence-electron chi connectivity index (χ2n) is 4.92. The van der Waals surface area contributed by atoms with E-state index >= 15 is 0 Å². The Morgan fingerprint density at radius 2 is 2.28 bits per heavy atom. The Bertz CT molecular complexity index is 463. The molecule has 1 aromatic rings. The zero-order valence-electron chi connectivity index (χ0n) is 10.1. The number of halogens is 1. The van der Waals surface area contributed by atoms with Gasteiger partial charge in [-0.1, -0.05) is 0 Å². The van der Waals surface area contributed by atoms with Crippen LogP contribution >= 0.6 is 0 Å². The summed E-state index contributed by atoms with van der Waals surface area (Å²) in [5, 5.41) is 0. The summed E-state index contributed by atoms with van der Waals surface area (Å²) in [6, 6.07) is 4.77. The smallest absolute Gasteiger partial charge is 0.152 e. The second kappa shape index (κ2) is 4.69. The number of aldehydes is 1. The van der Waals surface area contributed by atoms with Crippen molar-refractivity contribution in [3.8, 4) is 0 Å². The summed E-state index contributed by atoms with van der Waals surface area (Å²) in [4.78, 5) is 13.3. The van der Waals surface area contributed by atoms with Crippen LogP contribution < -0.4 is 4.90 Å². The quantitative estimate of drug-likeness (QED) is 0.754. The standard InChI is InChI=1S/C14H16FNO2/c15-11-4-5-12(10(8-11)9-17)16-6-7-18-14-3-1-2-13(14)16/h4-5,8-9,13-14H,1-3,6-7H2. The highest BCUT2D eigenvalue weighted by atomic mass is 19.1. The van der Waals surface area contributed by atoms with Gasteiger partial charge in [0.1, 0.15) is 5.82 Å². The van der Waals surface area contributed by atoms with Gasteiger partial charge in [0.15, 0.2) is 6.29 Å². The Kier molecular flexibility index (Phi) is 3.04. The number of hydrogen-bond donors (Lipinski definition) is 0. The van der Waals surface area contributed by atoms with Gasteiger partial charge in [0.05, 0.1) is 18.8 Å². The summed E-state index contributed by atoms with van der Waals surface area (Å²) in [7, 11) is 0. The van der Waals surface area contributed by atoms with Gasteiger partial charge in [-0.15, -0.1) is 0 Å². The minimum absolute atomic E-state index is 0.267. The molecule has 3 nitrogen and oxygen atoms in total. The first-order valence-electron chi connectivity index (χ1n) is 6.42. The van der Waals surface area contributed by atoms with Crippen LogP contribution in [0.25, 0.3) is 0 Å². The fraction of sp³-hybridized carbons (Fsp3) is 0.500. The largest absolute Gasteiger partial charge is 0.374 e. The zero-order valence-corrected chi connectivity index (χ0v) is 10.1. The van der Waals surface area contributed by atoms with Crippen molar-refractivity contribution < 1.29 is 13.9 Å². The molecule has 3 rings (SSSR count). The fourth-order valence-corrected chi connectivity index (χ4v) is 3.11. The Hall–Kier alpha value is -1.42. The average molecular weight is 249 g/mol. The molecule has 18 heavy (non-hydrogen) atoms. The Morgan fingerprint density at radius 3 is 3.11 bits per heavy atom. The first-order valence-corrected chi connectivity index (χ1v) is 6.42. The van der Waals surface area contributed by atoms with E-state index in [4.69, 9.17) is 4.74 Å². The van der Waals surface area contributed by atoms with E-state index in [1.807, 2.05) is 0 Å². The lowest BCUT2D eigenvalue weighted by Crippen LogP contribution is -2.49. The molecule has 1 aliphatic carbocycles. The summed E-state index contributed by atoms with van der Waals surface area (Å²) < 4.78 is 18.9. The predicted molar refractivity (Wildman–Crippen MR) is 66.5 cm³/mol. The molecule has 0 aromatic heterocycles. The molecule has 0 radical (unpaired) electrons. The van der Waals surface area contributed by atoms with Gasteiger partial charge in [-0.3, -0.25) is 4.79 Å². The Morgan fingerprint density at radius 1 is 1.39 bits per heavy atom. The molecule has 96 valence electrons. The molecule has 2 aliphatic rings. The van der Waals surface area contributed by atoms with Crippen LogP contribution in [0.5, 0.6) is 0 Å². The van der Waals surface area contributed by atoms with Crippen LogP contribution in [0.2, 0.25) is 0 Å². The lowest BCUT2D eigenvalue weighted by Gasteiger charge is -2.39. The third kappa shape index (κ3) is 1.90. The second-order valence-corrected chi connectivity index (χ2v) is 4.92.